The minimum absolute atomic E-state index is 0.0618. The molecule has 8 N–H and O–H groups in total. The van der Waals surface area contributed by atoms with E-state index in [2.05, 4.69) is 52.8 Å². The molecule has 4 aliphatic carbocycles. The molecular formula is C74H93N13O15. The Morgan fingerprint density at radius 1 is 0.451 bits per heavy atom. The van der Waals surface area contributed by atoms with E-state index in [9.17, 15) is 58.1 Å². The number of likely N-dealkylation sites (tertiary alicyclic amines) is 1. The Morgan fingerprint density at radius 3 is 1.06 bits per heavy atom. The maximum Gasteiger partial charge on any atom is 0.306 e. The summed E-state index contributed by atoms with van der Waals surface area (Å²) in [6, 6.07) is 17.0. The molecule has 9 rings (SSSR count). The van der Waals surface area contributed by atoms with Crippen LogP contribution in [0.4, 0.5) is 22.7 Å². The molecule has 28 nitrogen and oxygen atoms in total. The number of nitrogens with one attached hydrogen (secondary N) is 8. The number of hydrogen-bond donors (Lipinski definition) is 8. The van der Waals surface area contributed by atoms with Gasteiger partial charge >= 0.3 is 5.97 Å². The molecule has 4 aromatic rings. The van der Waals surface area contributed by atoms with E-state index in [1.807, 2.05) is 24.0 Å². The summed E-state index contributed by atoms with van der Waals surface area (Å²) < 4.78 is 5.64. The third-order valence-electron chi connectivity index (χ3n) is 19.8. The largest absolute Gasteiger partial charge is 0.464 e. The Hall–Kier alpha value is -10.3. The van der Waals surface area contributed by atoms with Gasteiger partial charge in [0.15, 0.2) is 11.6 Å². The summed E-state index contributed by atoms with van der Waals surface area (Å²) >= 11 is 0. The van der Waals surface area contributed by atoms with E-state index in [-0.39, 0.29) is 82.3 Å². The topological polar surface area (TPSA) is 385 Å². The number of non-ortho nitro benzene ring substituents is 1. The molecule has 1 aliphatic heterocycles. The predicted octanol–water partition coefficient (Wildman–Crippen LogP) is 7.71. The Morgan fingerprint density at radius 2 is 0.755 bits per heavy atom. The van der Waals surface area contributed by atoms with Crippen LogP contribution in [0.5, 0.6) is 0 Å². The number of likely N-dealkylation sites (N-methyl/N-ethyl adjacent to an activating group) is 1. The van der Waals surface area contributed by atoms with Crippen molar-refractivity contribution in [1.82, 2.24) is 47.4 Å². The maximum absolute atomic E-state index is 15.8. The van der Waals surface area contributed by atoms with E-state index in [4.69, 9.17) is 4.74 Å². The lowest BCUT2D eigenvalue weighted by Gasteiger charge is -2.33. The molecule has 0 aromatic heterocycles. The molecule has 4 aromatic carbocycles. The molecule has 9 amide bonds. The number of carbonyl (C=O) groups is 12. The maximum atomic E-state index is 15.8. The molecule has 0 spiro atoms. The van der Waals surface area contributed by atoms with Gasteiger partial charge in [-0.05, 0) is 131 Å². The molecule has 4 saturated carbocycles. The average Bonchev–Trinajstić information content (AvgIpc) is 1.64. The van der Waals surface area contributed by atoms with Crippen LogP contribution in [0, 0.1) is 22.0 Å². The molecule has 5 fully saturated rings. The number of Topliss-reactive ketones (excluding diaryl/α,β-unsaturated/α-hetero) is 2. The second-order valence-corrected chi connectivity index (χ2v) is 27.3. The Bertz CT molecular complexity index is 3520. The number of ether oxygens (including phenoxy) is 1. The van der Waals surface area contributed by atoms with Crippen molar-refractivity contribution in [3.8, 4) is 0 Å². The number of amides is 9. The van der Waals surface area contributed by atoms with Crippen molar-refractivity contribution in [3.63, 3.8) is 0 Å². The molecule has 0 bridgehead atoms. The van der Waals surface area contributed by atoms with Gasteiger partial charge in [-0.3, -0.25) is 67.6 Å². The van der Waals surface area contributed by atoms with E-state index >= 15 is 9.59 Å². The summed E-state index contributed by atoms with van der Waals surface area (Å²) in [5.74, 6) is -9.42. The zero-order chi connectivity index (χ0) is 73.1. The molecular weight excluding hydrogens is 1310 g/mol. The second-order valence-electron chi connectivity index (χ2n) is 27.3. The number of esters is 1. The Labute approximate surface area is 592 Å². The third kappa shape index (κ3) is 20.9. The lowest BCUT2D eigenvalue weighted by Crippen LogP contribution is -2.53. The Balaban J connectivity index is 1.01. The summed E-state index contributed by atoms with van der Waals surface area (Å²) in [4.78, 5) is 181. The van der Waals surface area contributed by atoms with Gasteiger partial charge in [-0.2, -0.15) is 10.2 Å². The van der Waals surface area contributed by atoms with Crippen LogP contribution in [-0.2, 0) is 33.5 Å². The monoisotopic (exact) mass is 1400 g/mol. The second kappa shape index (κ2) is 35.9. The van der Waals surface area contributed by atoms with E-state index in [0.29, 0.717) is 69.3 Å². The molecule has 0 unspecified atom stereocenters. The number of benzene rings is 4. The standard InChI is InChI=1S/C74H93N13O15/c1-6-85(55-27-23-53(24-28-55)83-84-54-25-29-56(30-26-54)87(100)101)33-34-102-68(93)32-31-67(92)86-41-57(69(94)47-35-49(71(96)79-63-19-11-7-15-59(63)75-43(2)88)39-50(36-47)72(97)80-64-20-12-8-16-60(64)76-44(3)89)58(42-86)70(95)48-37-51(73(98)81-65-21-13-9-17-61(65)77-45(4)90)40-52(38-48)74(99)82-66-22-14-10-18-62(66)78-46(5)91/h23-30,35-40,57-66H,6-22,31-34,41-42H2,1-5H3,(H,75,88)(H,76,89)(H,77,90)(H,78,91)(H,79,96)(H,80,97)(H,81,98)(H,82,99)/t57-,58-,59-,60-,61-,62-,63-,64-,65-,66-/m1/s1. The zero-order valence-corrected chi connectivity index (χ0v) is 58.5. The van der Waals surface area contributed by atoms with Crippen LogP contribution in [0.1, 0.15) is 212 Å². The molecule has 102 heavy (non-hydrogen) atoms. The summed E-state index contributed by atoms with van der Waals surface area (Å²) in [6.07, 6.45) is 9.82. The Kier molecular flexibility index (Phi) is 26.7. The van der Waals surface area contributed by atoms with Gasteiger partial charge < -0.3 is 57.1 Å². The van der Waals surface area contributed by atoms with Crippen molar-refractivity contribution in [2.45, 2.75) is 199 Å². The number of azo groups is 1. The number of nitro benzene ring substituents is 1. The number of nitrogens with zero attached hydrogens (tertiary/aromatic N) is 5. The van der Waals surface area contributed by atoms with Crippen molar-refractivity contribution in [2.24, 2.45) is 22.1 Å². The first-order valence-corrected chi connectivity index (χ1v) is 35.5. The zero-order valence-electron chi connectivity index (χ0n) is 58.5. The molecule has 544 valence electrons. The van der Waals surface area contributed by atoms with Gasteiger partial charge in [0.25, 0.3) is 29.3 Å². The molecule has 1 saturated heterocycles. The van der Waals surface area contributed by atoms with E-state index in [0.717, 1.165) is 57.1 Å². The molecule has 0 radical (unpaired) electrons. The molecule has 28 heteroatoms. The fourth-order valence-corrected chi connectivity index (χ4v) is 14.7. The molecule has 10 atom stereocenters. The third-order valence-corrected chi connectivity index (χ3v) is 19.8. The number of carbonyl (C=O) groups excluding carboxylic acids is 12. The van der Waals surface area contributed by atoms with Crippen LogP contribution in [0.3, 0.4) is 0 Å². The van der Waals surface area contributed by atoms with Gasteiger partial charge in [-0.25, -0.2) is 0 Å². The van der Waals surface area contributed by atoms with Crippen molar-refractivity contribution in [2.75, 3.05) is 37.7 Å². The van der Waals surface area contributed by atoms with Crippen molar-refractivity contribution < 1.29 is 67.2 Å². The minimum Gasteiger partial charge on any atom is -0.464 e. The predicted molar refractivity (Wildman–Crippen MR) is 376 cm³/mol. The van der Waals surface area contributed by atoms with Gasteiger partial charge in [0.2, 0.25) is 29.5 Å². The van der Waals surface area contributed by atoms with Crippen LogP contribution < -0.4 is 47.4 Å². The van der Waals surface area contributed by atoms with Crippen molar-refractivity contribution in [1.29, 1.82) is 0 Å². The summed E-state index contributed by atoms with van der Waals surface area (Å²) in [5.41, 5.74) is 0.925. The highest BCUT2D eigenvalue weighted by Gasteiger charge is 2.45. The van der Waals surface area contributed by atoms with Crippen molar-refractivity contribution in [3.05, 3.63) is 128 Å². The first-order chi connectivity index (χ1) is 48.9. The molecule has 1 heterocycles. The first-order valence-electron chi connectivity index (χ1n) is 35.5. The average molecular weight is 1400 g/mol. The van der Waals surface area contributed by atoms with Crippen LogP contribution >= 0.6 is 0 Å². The highest BCUT2D eigenvalue weighted by atomic mass is 16.6. The summed E-state index contributed by atoms with van der Waals surface area (Å²) in [6.45, 7) is 7.40. The fourth-order valence-electron chi connectivity index (χ4n) is 14.7. The fraction of sp³-hybridized carbons (Fsp3) is 0.514. The smallest absolute Gasteiger partial charge is 0.306 e. The number of hydrogen-bond acceptors (Lipinski definition) is 18. The highest BCUT2D eigenvalue weighted by molar-refractivity contribution is 6.11. The minimum atomic E-state index is -1.41. The van der Waals surface area contributed by atoms with E-state index < -0.39 is 132 Å². The van der Waals surface area contributed by atoms with Gasteiger partial charge in [-0.15, -0.1) is 0 Å². The van der Waals surface area contributed by atoms with Gasteiger partial charge in [0.05, 0.1) is 41.1 Å². The first kappa shape index (κ1) is 75.9. The number of anilines is 1. The van der Waals surface area contributed by atoms with Gasteiger partial charge in [0.1, 0.15) is 6.61 Å². The quantitative estimate of drug-likeness (QED) is 0.00931. The highest BCUT2D eigenvalue weighted by Crippen LogP contribution is 2.34. The van der Waals surface area contributed by atoms with Crippen LogP contribution in [-0.4, -0.2) is 162 Å². The summed E-state index contributed by atoms with van der Waals surface area (Å²) in [5, 5.41) is 43.3. The van der Waals surface area contributed by atoms with Crippen LogP contribution in [0.25, 0.3) is 0 Å². The van der Waals surface area contributed by atoms with E-state index in [1.54, 1.807) is 12.1 Å². The number of ketones is 2. The SMILES string of the molecule is CCN(CCOC(=O)CCC(=O)N1C[C@@H](C(=O)c2cc(C(=O)N[C@@H]3CCCC[C@H]3NC(C)=O)cc(C(=O)N[C@@H]3CCCC[C@H]3NC(C)=O)c2)[C@H](C(=O)c2cc(C(=O)N[C@@H]3CCCC[C@H]3NC(C)=O)cc(C(=O)N[C@@H]3CCCC[C@H]3NC(C)=O)c2)C1)c1ccc(N=Nc2ccc([N+](=O)[O-])cc2)cc1. The molecule has 5 aliphatic rings. The van der Waals surface area contributed by atoms with Crippen molar-refractivity contribution >= 4 is 93.4 Å². The number of nitro groups is 1. The van der Waals surface area contributed by atoms with E-state index in [1.165, 1.54) is 93.3 Å². The van der Waals surface area contributed by atoms with Crippen LogP contribution in [0.2, 0.25) is 0 Å². The van der Waals surface area contributed by atoms with Crippen LogP contribution in [0.15, 0.2) is 95.2 Å². The number of rotatable bonds is 27. The van der Waals surface area contributed by atoms with Gasteiger partial charge in [0, 0.05) is 153 Å². The van der Waals surface area contributed by atoms with Gasteiger partial charge in [-0.1, -0.05) is 51.4 Å². The summed E-state index contributed by atoms with van der Waals surface area (Å²) in [7, 11) is 0. The lowest BCUT2D eigenvalue weighted by atomic mass is 9.82. The normalized spacial score (nSPS) is 22.5. The lowest BCUT2D eigenvalue weighted by molar-refractivity contribution is -0.384.